The number of nitrogens with zero attached hydrogens (tertiary/aromatic N) is 3. The lowest BCUT2D eigenvalue weighted by molar-refractivity contribution is 0.903. The maximum atomic E-state index is 4.32. The van der Waals surface area contributed by atoms with Gasteiger partial charge in [-0.25, -0.2) is 4.68 Å². The van der Waals surface area contributed by atoms with Crippen LogP contribution < -0.4 is 0 Å². The van der Waals surface area contributed by atoms with E-state index in [-0.39, 0.29) is 0 Å². The molecule has 0 aliphatic rings. The molecule has 1 aromatic carbocycles. The number of hydrogen-bond donors (Lipinski definition) is 0. The van der Waals surface area contributed by atoms with E-state index in [1.807, 2.05) is 41.2 Å². The molecule has 0 saturated heterocycles. The predicted octanol–water partition coefficient (Wildman–Crippen LogP) is 2.22. The Bertz CT molecular complexity index is 584. The average Bonchev–Trinajstić information content (AvgIpc) is 2.74. The zero-order chi connectivity index (χ0) is 10.1. The summed E-state index contributed by atoms with van der Waals surface area (Å²) in [6.07, 6.45) is 5.38. The molecule has 0 bridgehead atoms. The summed E-state index contributed by atoms with van der Waals surface area (Å²) in [5.41, 5.74) is 2.04. The maximum Gasteiger partial charge on any atom is 0.0836 e. The van der Waals surface area contributed by atoms with Crippen molar-refractivity contribution in [3.8, 4) is 5.69 Å². The van der Waals surface area contributed by atoms with Gasteiger partial charge in [0.25, 0.3) is 0 Å². The van der Waals surface area contributed by atoms with Gasteiger partial charge in [0.1, 0.15) is 0 Å². The van der Waals surface area contributed by atoms with Crippen LogP contribution >= 0.6 is 0 Å². The van der Waals surface area contributed by atoms with E-state index in [0.29, 0.717) is 0 Å². The Hall–Kier alpha value is -2.16. The van der Waals surface area contributed by atoms with Gasteiger partial charge in [-0.3, -0.25) is 4.98 Å². The van der Waals surface area contributed by atoms with E-state index in [1.165, 1.54) is 0 Å². The molecule has 1 radical (unpaired) electrons. The third kappa shape index (κ3) is 1.29. The largest absolute Gasteiger partial charge is 0.262 e. The molecule has 2 heterocycles. The Morgan fingerprint density at radius 3 is 3.07 bits per heavy atom. The van der Waals surface area contributed by atoms with Crippen molar-refractivity contribution in [1.82, 2.24) is 14.8 Å². The third-order valence-electron chi connectivity index (χ3n) is 2.30. The predicted molar refractivity (Wildman–Crippen MR) is 57.7 cm³/mol. The summed E-state index contributed by atoms with van der Waals surface area (Å²) in [6, 6.07) is 12.7. The quantitative estimate of drug-likeness (QED) is 0.594. The van der Waals surface area contributed by atoms with Gasteiger partial charge in [0.15, 0.2) is 0 Å². The third-order valence-corrected chi connectivity index (χ3v) is 2.30. The summed E-state index contributed by atoms with van der Waals surface area (Å²) in [6.45, 7) is 0. The first-order valence-corrected chi connectivity index (χ1v) is 4.69. The van der Waals surface area contributed by atoms with E-state index in [0.717, 1.165) is 16.6 Å². The van der Waals surface area contributed by atoms with Gasteiger partial charge in [0.2, 0.25) is 0 Å². The molecular weight excluding hydrogens is 186 g/mol. The van der Waals surface area contributed by atoms with Gasteiger partial charge in [-0.15, -0.1) is 0 Å². The normalized spacial score (nSPS) is 10.7. The molecule has 3 nitrogen and oxygen atoms in total. The monoisotopic (exact) mass is 194 g/mol. The molecule has 0 unspecified atom stereocenters. The molecule has 2 aromatic heterocycles. The van der Waals surface area contributed by atoms with Crippen LogP contribution in [0.25, 0.3) is 16.6 Å². The minimum Gasteiger partial charge on any atom is -0.262 e. The second-order valence-corrected chi connectivity index (χ2v) is 3.25. The van der Waals surface area contributed by atoms with E-state index in [1.54, 1.807) is 12.4 Å². The Balaban J connectivity index is 2.28. The topological polar surface area (TPSA) is 30.7 Å². The number of hydrogen-bond acceptors (Lipinski definition) is 2. The second kappa shape index (κ2) is 3.20. The highest BCUT2D eigenvalue weighted by atomic mass is 15.3. The summed E-state index contributed by atoms with van der Waals surface area (Å²) in [4.78, 5) is 4.08. The summed E-state index contributed by atoms with van der Waals surface area (Å²) in [5.74, 6) is 0. The van der Waals surface area contributed by atoms with Gasteiger partial charge in [-0.2, -0.15) is 5.10 Å². The fourth-order valence-corrected chi connectivity index (χ4v) is 1.60. The fraction of sp³-hybridized carbons (Fsp3) is 0. The van der Waals surface area contributed by atoms with Crippen LogP contribution in [0.3, 0.4) is 0 Å². The highest BCUT2D eigenvalue weighted by Crippen LogP contribution is 2.16. The molecule has 0 amide bonds. The number of fused-ring (bicyclic) bond motifs is 1. The van der Waals surface area contributed by atoms with Crippen molar-refractivity contribution >= 4 is 10.9 Å². The zero-order valence-electron chi connectivity index (χ0n) is 7.96. The van der Waals surface area contributed by atoms with Crippen LogP contribution in [0.5, 0.6) is 0 Å². The van der Waals surface area contributed by atoms with Crippen molar-refractivity contribution in [3.05, 3.63) is 55.0 Å². The standard InChI is InChI=1S/C12H8N3/c1-2-6-12-10(4-1)8-14-15(12)11-5-3-7-13-9-11/h2-9H. The van der Waals surface area contributed by atoms with Gasteiger partial charge in [-0.1, -0.05) is 6.07 Å². The second-order valence-electron chi connectivity index (χ2n) is 3.25. The molecule has 15 heavy (non-hydrogen) atoms. The van der Waals surface area contributed by atoms with Crippen molar-refractivity contribution in [2.24, 2.45) is 0 Å². The fourth-order valence-electron chi connectivity index (χ4n) is 1.60. The molecule has 0 aliphatic heterocycles. The van der Waals surface area contributed by atoms with Crippen molar-refractivity contribution in [1.29, 1.82) is 0 Å². The molecular formula is C12H8N3. The summed E-state index contributed by atoms with van der Waals surface area (Å²) < 4.78 is 1.87. The number of pyridine rings is 1. The average molecular weight is 194 g/mol. The van der Waals surface area contributed by atoms with E-state index in [9.17, 15) is 0 Å². The van der Waals surface area contributed by atoms with Crippen molar-refractivity contribution in [3.63, 3.8) is 0 Å². The lowest BCUT2D eigenvalue weighted by Crippen LogP contribution is -1.95. The molecule has 3 rings (SSSR count). The van der Waals surface area contributed by atoms with Crippen molar-refractivity contribution < 1.29 is 0 Å². The smallest absolute Gasteiger partial charge is 0.0836 e. The molecule has 0 spiro atoms. The first-order valence-electron chi connectivity index (χ1n) is 4.69. The molecule has 0 saturated carbocycles. The number of rotatable bonds is 1. The SMILES string of the molecule is [c]1ccc2c(c1)cnn2-c1cccnc1. The van der Waals surface area contributed by atoms with Crippen LogP contribution in [0.1, 0.15) is 0 Å². The van der Waals surface area contributed by atoms with E-state index in [2.05, 4.69) is 16.1 Å². The lowest BCUT2D eigenvalue weighted by Gasteiger charge is -2.01. The Kier molecular flexibility index (Phi) is 1.75. The van der Waals surface area contributed by atoms with E-state index >= 15 is 0 Å². The van der Waals surface area contributed by atoms with Gasteiger partial charge in [-0.05, 0) is 30.3 Å². The van der Waals surface area contributed by atoms with E-state index in [4.69, 9.17) is 0 Å². The first kappa shape index (κ1) is 8.17. The zero-order valence-corrected chi connectivity index (χ0v) is 7.96. The van der Waals surface area contributed by atoms with Crippen LogP contribution in [-0.2, 0) is 0 Å². The van der Waals surface area contributed by atoms with Crippen LogP contribution in [0.4, 0.5) is 0 Å². The van der Waals surface area contributed by atoms with Crippen LogP contribution in [-0.4, -0.2) is 14.8 Å². The minimum absolute atomic E-state index is 0.971. The molecule has 3 aromatic rings. The van der Waals surface area contributed by atoms with Crippen LogP contribution in [0.15, 0.2) is 48.9 Å². The molecule has 3 heteroatoms. The van der Waals surface area contributed by atoms with E-state index < -0.39 is 0 Å². The summed E-state index contributed by atoms with van der Waals surface area (Å²) in [7, 11) is 0. The molecule has 0 aliphatic carbocycles. The molecule has 0 atom stereocenters. The maximum absolute atomic E-state index is 4.32. The lowest BCUT2D eigenvalue weighted by atomic mass is 10.2. The van der Waals surface area contributed by atoms with Gasteiger partial charge in [0.05, 0.1) is 23.6 Å². The van der Waals surface area contributed by atoms with Gasteiger partial charge >= 0.3 is 0 Å². The van der Waals surface area contributed by atoms with Crippen LogP contribution in [0.2, 0.25) is 0 Å². The highest BCUT2D eigenvalue weighted by molar-refractivity contribution is 5.79. The Morgan fingerprint density at radius 1 is 1.20 bits per heavy atom. The number of aromatic nitrogens is 3. The molecule has 0 fully saturated rings. The van der Waals surface area contributed by atoms with Gasteiger partial charge < -0.3 is 0 Å². The summed E-state index contributed by atoms with van der Waals surface area (Å²) >= 11 is 0. The first-order chi connectivity index (χ1) is 7.45. The van der Waals surface area contributed by atoms with Gasteiger partial charge in [0, 0.05) is 11.6 Å². The van der Waals surface area contributed by atoms with Crippen molar-refractivity contribution in [2.45, 2.75) is 0 Å². The molecule has 0 N–H and O–H groups in total. The molecule has 71 valence electrons. The summed E-state index contributed by atoms with van der Waals surface area (Å²) in [5, 5.41) is 5.41. The Morgan fingerprint density at radius 2 is 2.20 bits per heavy atom. The Labute approximate surface area is 87.0 Å². The number of benzene rings is 1. The minimum atomic E-state index is 0.971. The van der Waals surface area contributed by atoms with Crippen LogP contribution in [0, 0.1) is 6.07 Å². The van der Waals surface area contributed by atoms with Crippen molar-refractivity contribution in [2.75, 3.05) is 0 Å². The highest BCUT2D eigenvalue weighted by Gasteiger charge is 2.02.